The average Bonchev–Trinajstić information content (AvgIpc) is 3.26. The van der Waals surface area contributed by atoms with Crippen LogP contribution in [-0.4, -0.2) is 117 Å². The van der Waals surface area contributed by atoms with E-state index in [2.05, 4.69) is 4.90 Å². The molecule has 3 rings (SSSR count). The molecule has 10 heteroatoms. The van der Waals surface area contributed by atoms with Gasteiger partial charge in [-0.2, -0.15) is 0 Å². The molecule has 0 saturated carbocycles. The first-order chi connectivity index (χ1) is 13.5. The van der Waals surface area contributed by atoms with Gasteiger partial charge in [0, 0.05) is 62.8 Å². The Hall–Kier alpha value is -1.68. The third-order valence-electron chi connectivity index (χ3n) is 6.38. The highest BCUT2D eigenvalue weighted by Crippen LogP contribution is 2.43. The van der Waals surface area contributed by atoms with E-state index in [4.69, 9.17) is 0 Å². The summed E-state index contributed by atoms with van der Waals surface area (Å²) in [6, 6.07) is 0. The molecule has 3 fully saturated rings. The summed E-state index contributed by atoms with van der Waals surface area (Å²) < 4.78 is 23.7. The number of rotatable bonds is 7. The molecule has 3 aliphatic heterocycles. The topological polar surface area (TPSA) is 98.3 Å². The number of hydrogen-bond acceptors (Lipinski definition) is 6. The third-order valence-corrected chi connectivity index (χ3v) is 7.94. The predicted molar refractivity (Wildman–Crippen MR) is 108 cm³/mol. The maximum atomic E-state index is 12.8. The number of fused-ring (bicyclic) bond motifs is 1. The molecular formula is C19H32N4O5S. The summed E-state index contributed by atoms with van der Waals surface area (Å²) in [5.41, 5.74) is -0.264. The zero-order valence-corrected chi connectivity index (χ0v) is 18.4. The highest BCUT2D eigenvalue weighted by molar-refractivity contribution is 7.92. The first kappa shape index (κ1) is 22.0. The minimum absolute atomic E-state index is 0.0367. The molecule has 0 bridgehead atoms. The van der Waals surface area contributed by atoms with Crippen LogP contribution in [0.1, 0.15) is 19.8 Å². The zero-order chi connectivity index (χ0) is 21.4. The fourth-order valence-corrected chi connectivity index (χ4v) is 5.69. The number of sulfone groups is 1. The van der Waals surface area contributed by atoms with Crippen LogP contribution in [0.2, 0.25) is 0 Å². The van der Waals surface area contributed by atoms with E-state index in [0.717, 1.165) is 6.42 Å². The van der Waals surface area contributed by atoms with Crippen LogP contribution >= 0.6 is 0 Å². The van der Waals surface area contributed by atoms with Gasteiger partial charge in [-0.15, -0.1) is 0 Å². The first-order valence-electron chi connectivity index (χ1n) is 10.2. The molecule has 3 aliphatic rings. The molecule has 164 valence electrons. The Morgan fingerprint density at radius 1 is 1.14 bits per heavy atom. The van der Waals surface area contributed by atoms with Crippen LogP contribution in [0.25, 0.3) is 0 Å². The number of hydrogen-bond donors (Lipinski definition) is 0. The molecule has 3 amide bonds. The molecule has 0 N–H and O–H groups in total. The molecule has 0 aromatic carbocycles. The van der Waals surface area contributed by atoms with Crippen molar-refractivity contribution in [1.82, 2.24) is 19.6 Å². The van der Waals surface area contributed by atoms with Gasteiger partial charge < -0.3 is 19.6 Å². The molecule has 2 atom stereocenters. The Morgan fingerprint density at radius 3 is 2.28 bits per heavy atom. The van der Waals surface area contributed by atoms with Crippen LogP contribution in [0, 0.1) is 11.3 Å². The zero-order valence-electron chi connectivity index (χ0n) is 17.6. The van der Waals surface area contributed by atoms with Gasteiger partial charge in [-0.25, -0.2) is 8.42 Å². The Morgan fingerprint density at radius 2 is 1.76 bits per heavy atom. The van der Waals surface area contributed by atoms with Crippen LogP contribution in [0.5, 0.6) is 0 Å². The van der Waals surface area contributed by atoms with Crippen molar-refractivity contribution in [2.24, 2.45) is 11.3 Å². The number of carbonyl (C=O) groups is 3. The Bertz CT molecular complexity index is 783. The van der Waals surface area contributed by atoms with Gasteiger partial charge in [-0.3, -0.25) is 14.4 Å². The van der Waals surface area contributed by atoms with Crippen LogP contribution in [0.4, 0.5) is 0 Å². The normalized spacial score (nSPS) is 27.2. The molecule has 0 aromatic heterocycles. The lowest BCUT2D eigenvalue weighted by Crippen LogP contribution is -2.46. The largest absolute Gasteiger partial charge is 0.341 e. The van der Waals surface area contributed by atoms with Crippen LogP contribution in [0.3, 0.4) is 0 Å². The average molecular weight is 429 g/mol. The van der Waals surface area contributed by atoms with E-state index >= 15 is 0 Å². The highest BCUT2D eigenvalue weighted by atomic mass is 32.2. The van der Waals surface area contributed by atoms with Crippen molar-refractivity contribution in [2.45, 2.75) is 19.8 Å². The van der Waals surface area contributed by atoms with Gasteiger partial charge in [0.1, 0.15) is 5.75 Å². The lowest BCUT2D eigenvalue weighted by molar-refractivity contribution is -0.138. The predicted octanol–water partition coefficient (Wildman–Crippen LogP) is -1.11. The summed E-state index contributed by atoms with van der Waals surface area (Å²) >= 11 is 0. The maximum absolute atomic E-state index is 12.8. The molecule has 0 spiro atoms. The van der Waals surface area contributed by atoms with Crippen LogP contribution in [-0.2, 0) is 24.2 Å². The summed E-state index contributed by atoms with van der Waals surface area (Å²) in [7, 11) is 0.558. The Balaban J connectivity index is 1.68. The summed E-state index contributed by atoms with van der Waals surface area (Å²) in [5, 5.41) is 0. The van der Waals surface area contributed by atoms with Crippen molar-refractivity contribution in [3.8, 4) is 0 Å². The minimum Gasteiger partial charge on any atom is -0.341 e. The van der Waals surface area contributed by atoms with E-state index in [1.807, 2.05) is 19.0 Å². The highest BCUT2D eigenvalue weighted by Gasteiger charge is 2.54. The van der Waals surface area contributed by atoms with Crippen molar-refractivity contribution >= 4 is 27.6 Å². The molecule has 29 heavy (non-hydrogen) atoms. The van der Waals surface area contributed by atoms with Crippen molar-refractivity contribution < 1.29 is 22.8 Å². The Labute approximate surface area is 172 Å². The summed E-state index contributed by atoms with van der Waals surface area (Å²) in [5.74, 6) is -0.741. The molecule has 0 radical (unpaired) electrons. The molecule has 9 nitrogen and oxygen atoms in total. The fourth-order valence-electron chi connectivity index (χ4n) is 4.93. The van der Waals surface area contributed by atoms with Crippen LogP contribution < -0.4 is 0 Å². The lowest BCUT2D eigenvalue weighted by Gasteiger charge is -2.32. The van der Waals surface area contributed by atoms with E-state index in [-0.39, 0.29) is 41.4 Å². The second kappa shape index (κ2) is 8.22. The SMILES string of the molecule is CCS(=O)(=O)CC(=O)N1CC2CN(C(=O)CN3CCCC3=O)CC2(CN(C)C)C1. The summed E-state index contributed by atoms with van der Waals surface area (Å²) in [4.78, 5) is 44.4. The quantitative estimate of drug-likeness (QED) is 0.510. The van der Waals surface area contributed by atoms with E-state index < -0.39 is 15.6 Å². The fraction of sp³-hybridized carbons (Fsp3) is 0.842. The van der Waals surface area contributed by atoms with Gasteiger partial charge in [0.2, 0.25) is 17.7 Å². The van der Waals surface area contributed by atoms with E-state index in [1.165, 1.54) is 0 Å². The maximum Gasteiger partial charge on any atom is 0.242 e. The summed E-state index contributed by atoms with van der Waals surface area (Å²) in [6.45, 7) is 5.02. The van der Waals surface area contributed by atoms with Crippen molar-refractivity contribution in [1.29, 1.82) is 0 Å². The molecule has 0 aliphatic carbocycles. The van der Waals surface area contributed by atoms with E-state index in [1.54, 1.807) is 16.7 Å². The molecule has 3 heterocycles. The lowest BCUT2D eigenvalue weighted by atomic mass is 9.80. The van der Waals surface area contributed by atoms with Crippen molar-refractivity contribution in [3.63, 3.8) is 0 Å². The van der Waals surface area contributed by atoms with Crippen molar-refractivity contribution in [3.05, 3.63) is 0 Å². The van der Waals surface area contributed by atoms with Gasteiger partial charge >= 0.3 is 0 Å². The number of nitrogens with zero attached hydrogens (tertiary/aromatic N) is 4. The number of amides is 3. The van der Waals surface area contributed by atoms with Crippen molar-refractivity contribution in [2.75, 3.05) is 71.4 Å². The van der Waals surface area contributed by atoms with Gasteiger partial charge in [0.15, 0.2) is 9.84 Å². The van der Waals surface area contributed by atoms with E-state index in [0.29, 0.717) is 45.7 Å². The third kappa shape index (κ3) is 4.74. The second-order valence-electron chi connectivity index (χ2n) is 8.94. The smallest absolute Gasteiger partial charge is 0.242 e. The first-order valence-corrected chi connectivity index (χ1v) is 12.1. The van der Waals surface area contributed by atoms with E-state index in [9.17, 15) is 22.8 Å². The molecular weight excluding hydrogens is 396 g/mol. The molecule has 2 unspecified atom stereocenters. The summed E-state index contributed by atoms with van der Waals surface area (Å²) in [6.07, 6.45) is 1.31. The van der Waals surface area contributed by atoms with Gasteiger partial charge in [-0.05, 0) is 20.5 Å². The number of carbonyl (C=O) groups excluding carboxylic acids is 3. The van der Waals surface area contributed by atoms with Gasteiger partial charge in [-0.1, -0.05) is 6.92 Å². The number of likely N-dealkylation sites (tertiary alicyclic amines) is 3. The minimum atomic E-state index is -3.37. The Kier molecular flexibility index (Phi) is 6.24. The molecule has 0 aromatic rings. The van der Waals surface area contributed by atoms with Gasteiger partial charge in [0.25, 0.3) is 0 Å². The van der Waals surface area contributed by atoms with Crippen LogP contribution in [0.15, 0.2) is 0 Å². The second-order valence-corrected chi connectivity index (χ2v) is 11.3. The van der Waals surface area contributed by atoms with Gasteiger partial charge in [0.05, 0.1) is 6.54 Å². The standard InChI is InChI=1S/C19H32N4O5S/c1-4-29(27,28)11-18(26)23-9-15-8-22(13-19(15,14-23)12-20(2)3)17(25)10-21-7-5-6-16(21)24/h15H,4-14H2,1-3H3. The monoisotopic (exact) mass is 428 g/mol. The molecule has 3 saturated heterocycles.